The van der Waals surface area contributed by atoms with Gasteiger partial charge in [0.1, 0.15) is 17.5 Å². The second-order valence-electron chi connectivity index (χ2n) is 8.90. The lowest BCUT2D eigenvalue weighted by Crippen LogP contribution is -2.40. The van der Waals surface area contributed by atoms with Crippen molar-refractivity contribution in [1.29, 1.82) is 5.26 Å². The maximum atomic E-state index is 12.6. The summed E-state index contributed by atoms with van der Waals surface area (Å²) in [5.74, 6) is 6.93. The third-order valence-corrected chi connectivity index (χ3v) is 6.68. The summed E-state index contributed by atoms with van der Waals surface area (Å²) in [6.45, 7) is 0. The van der Waals surface area contributed by atoms with Crippen LogP contribution in [0.1, 0.15) is 73.1 Å². The Bertz CT molecular complexity index is 1100. The predicted octanol–water partition coefficient (Wildman–Crippen LogP) is 4.02. The van der Waals surface area contributed by atoms with Gasteiger partial charge in [-0.3, -0.25) is 4.79 Å². The molecule has 7 nitrogen and oxygen atoms in total. The van der Waals surface area contributed by atoms with E-state index in [2.05, 4.69) is 27.4 Å². The first-order valence-corrected chi connectivity index (χ1v) is 12.1. The number of halogens is 1. The molecule has 2 aliphatic carbocycles. The minimum Gasteiger partial charge on any atom is -0.490 e. The second-order valence-corrected chi connectivity index (χ2v) is 9.30. The van der Waals surface area contributed by atoms with Gasteiger partial charge in [0.15, 0.2) is 5.69 Å². The molecular formula is C26H27ClN4O3. The highest BCUT2D eigenvalue weighted by molar-refractivity contribution is 6.31. The van der Waals surface area contributed by atoms with Crippen molar-refractivity contribution in [3.8, 4) is 23.7 Å². The SMILES string of the molecule is N#Cc1ccc(OC2CCC(NC(=O)c3ccc(C#CC4CCC(O)CC4)nn3)CC2)cc1Cl. The Labute approximate surface area is 204 Å². The molecule has 1 aromatic heterocycles. The van der Waals surface area contributed by atoms with Gasteiger partial charge < -0.3 is 15.2 Å². The van der Waals surface area contributed by atoms with Gasteiger partial charge in [-0.25, -0.2) is 0 Å². The average Bonchev–Trinajstić information content (AvgIpc) is 2.85. The fraction of sp³-hybridized carbons (Fsp3) is 0.462. The largest absolute Gasteiger partial charge is 0.490 e. The molecule has 0 saturated heterocycles. The van der Waals surface area contributed by atoms with Crippen molar-refractivity contribution in [3.63, 3.8) is 0 Å². The molecule has 0 unspecified atom stereocenters. The molecule has 1 amide bonds. The number of amides is 1. The summed E-state index contributed by atoms with van der Waals surface area (Å²) in [4.78, 5) is 12.6. The van der Waals surface area contributed by atoms with Crippen LogP contribution in [0.15, 0.2) is 30.3 Å². The summed E-state index contributed by atoms with van der Waals surface area (Å²) in [5, 5.41) is 30.1. The second kappa shape index (κ2) is 11.3. The molecule has 0 bridgehead atoms. The predicted molar refractivity (Wildman–Crippen MR) is 127 cm³/mol. The Morgan fingerprint density at radius 2 is 1.82 bits per heavy atom. The molecule has 1 heterocycles. The topological polar surface area (TPSA) is 108 Å². The number of nitriles is 1. The highest BCUT2D eigenvalue weighted by Crippen LogP contribution is 2.27. The number of rotatable bonds is 4. The van der Waals surface area contributed by atoms with Crippen LogP contribution in [-0.2, 0) is 0 Å². The molecule has 2 saturated carbocycles. The highest BCUT2D eigenvalue weighted by atomic mass is 35.5. The van der Waals surface area contributed by atoms with Crippen molar-refractivity contribution < 1.29 is 14.6 Å². The Balaban J connectivity index is 1.23. The molecule has 0 atom stereocenters. The molecule has 2 aromatic rings. The standard InChI is InChI=1S/C26H27ClN4O3/c27-24-15-23(11-4-18(24)16-28)34-22-12-6-19(7-13-22)29-26(33)25-14-8-20(30-31-25)5-1-17-2-9-21(32)10-3-17/h4,8,11,14-15,17,19,21-22,32H,2-3,6-7,9-10,12-13H2,(H,29,33). The molecule has 2 aliphatic rings. The first-order chi connectivity index (χ1) is 16.5. The Hall–Kier alpha value is -3.13. The Morgan fingerprint density at radius 1 is 1.06 bits per heavy atom. The van der Waals surface area contributed by atoms with E-state index in [9.17, 15) is 9.90 Å². The summed E-state index contributed by atoms with van der Waals surface area (Å²) < 4.78 is 6.00. The summed E-state index contributed by atoms with van der Waals surface area (Å²) in [5.41, 5.74) is 1.24. The number of hydrogen-bond donors (Lipinski definition) is 2. The van der Waals surface area contributed by atoms with Gasteiger partial charge >= 0.3 is 0 Å². The zero-order valence-corrected chi connectivity index (χ0v) is 19.6. The van der Waals surface area contributed by atoms with Crippen molar-refractivity contribution in [2.45, 2.75) is 69.6 Å². The molecule has 1 aromatic carbocycles. The van der Waals surface area contributed by atoms with Crippen LogP contribution in [0.3, 0.4) is 0 Å². The van der Waals surface area contributed by atoms with E-state index in [0.29, 0.717) is 22.0 Å². The van der Waals surface area contributed by atoms with E-state index in [0.717, 1.165) is 51.4 Å². The third-order valence-electron chi connectivity index (χ3n) is 6.37. The Morgan fingerprint density at radius 3 is 2.47 bits per heavy atom. The zero-order valence-electron chi connectivity index (χ0n) is 18.8. The van der Waals surface area contributed by atoms with E-state index in [1.807, 2.05) is 6.07 Å². The van der Waals surface area contributed by atoms with E-state index in [1.165, 1.54) is 0 Å². The van der Waals surface area contributed by atoms with Crippen molar-refractivity contribution in [3.05, 3.63) is 52.3 Å². The van der Waals surface area contributed by atoms with Crippen molar-refractivity contribution >= 4 is 17.5 Å². The van der Waals surface area contributed by atoms with Crippen LogP contribution in [0.4, 0.5) is 0 Å². The number of ether oxygens (including phenoxy) is 1. The fourth-order valence-corrected chi connectivity index (χ4v) is 4.57. The molecule has 0 spiro atoms. The molecule has 2 fully saturated rings. The van der Waals surface area contributed by atoms with Crippen LogP contribution < -0.4 is 10.1 Å². The van der Waals surface area contributed by atoms with Gasteiger partial charge in [-0.05, 0) is 81.6 Å². The molecule has 176 valence electrons. The van der Waals surface area contributed by atoms with Gasteiger partial charge in [0, 0.05) is 18.0 Å². The normalized spacial score (nSPS) is 24.3. The van der Waals surface area contributed by atoms with Gasteiger partial charge in [-0.15, -0.1) is 10.2 Å². The lowest BCUT2D eigenvalue weighted by Gasteiger charge is -2.29. The number of nitrogens with zero attached hydrogens (tertiary/aromatic N) is 3. The van der Waals surface area contributed by atoms with Gasteiger partial charge in [0.2, 0.25) is 0 Å². The molecule has 4 rings (SSSR count). The van der Waals surface area contributed by atoms with Crippen molar-refractivity contribution in [1.82, 2.24) is 15.5 Å². The number of aliphatic hydroxyl groups is 1. The quantitative estimate of drug-likeness (QED) is 0.642. The smallest absolute Gasteiger partial charge is 0.272 e. The van der Waals surface area contributed by atoms with E-state index in [4.69, 9.17) is 21.6 Å². The lowest BCUT2D eigenvalue weighted by atomic mass is 9.88. The Kier molecular flexibility index (Phi) is 8.00. The number of aliphatic hydroxyl groups excluding tert-OH is 1. The fourth-order valence-electron chi connectivity index (χ4n) is 4.35. The van der Waals surface area contributed by atoms with E-state index >= 15 is 0 Å². The van der Waals surface area contributed by atoms with E-state index in [-0.39, 0.29) is 35.8 Å². The molecule has 0 radical (unpaired) electrons. The first kappa shape index (κ1) is 24.0. The van der Waals surface area contributed by atoms with Crippen LogP contribution >= 0.6 is 11.6 Å². The van der Waals surface area contributed by atoms with Crippen LogP contribution in [0.2, 0.25) is 5.02 Å². The van der Waals surface area contributed by atoms with Crippen LogP contribution in [0.5, 0.6) is 5.75 Å². The van der Waals surface area contributed by atoms with Gasteiger partial charge in [-0.1, -0.05) is 17.5 Å². The summed E-state index contributed by atoms with van der Waals surface area (Å²) >= 11 is 6.08. The van der Waals surface area contributed by atoms with Crippen molar-refractivity contribution in [2.24, 2.45) is 5.92 Å². The van der Waals surface area contributed by atoms with Crippen molar-refractivity contribution in [2.75, 3.05) is 0 Å². The molecule has 0 aliphatic heterocycles. The monoisotopic (exact) mass is 478 g/mol. The summed E-state index contributed by atoms with van der Waals surface area (Å²) in [6.07, 6.45) is 6.45. The summed E-state index contributed by atoms with van der Waals surface area (Å²) in [7, 11) is 0. The number of benzene rings is 1. The number of hydrogen-bond acceptors (Lipinski definition) is 6. The number of aromatic nitrogens is 2. The average molecular weight is 479 g/mol. The minimum absolute atomic E-state index is 0.0437. The van der Waals surface area contributed by atoms with Gasteiger partial charge in [-0.2, -0.15) is 5.26 Å². The zero-order chi connectivity index (χ0) is 23.9. The molecule has 34 heavy (non-hydrogen) atoms. The van der Waals surface area contributed by atoms with Crippen LogP contribution in [-0.4, -0.2) is 39.5 Å². The third kappa shape index (κ3) is 6.47. The molecule has 8 heteroatoms. The number of carbonyl (C=O) groups excluding carboxylic acids is 1. The number of carbonyl (C=O) groups is 1. The van der Waals surface area contributed by atoms with E-state index < -0.39 is 0 Å². The maximum absolute atomic E-state index is 12.6. The van der Waals surface area contributed by atoms with Crippen LogP contribution in [0.25, 0.3) is 0 Å². The summed E-state index contributed by atoms with van der Waals surface area (Å²) in [6, 6.07) is 10.5. The minimum atomic E-state index is -0.239. The number of nitrogens with one attached hydrogen (secondary N) is 1. The molecule has 2 N–H and O–H groups in total. The first-order valence-electron chi connectivity index (χ1n) is 11.7. The van der Waals surface area contributed by atoms with Crippen LogP contribution in [0, 0.1) is 29.1 Å². The van der Waals surface area contributed by atoms with E-state index in [1.54, 1.807) is 30.3 Å². The van der Waals surface area contributed by atoms with Gasteiger partial charge in [0.05, 0.1) is 22.8 Å². The maximum Gasteiger partial charge on any atom is 0.272 e. The molecular weight excluding hydrogens is 452 g/mol. The van der Waals surface area contributed by atoms with Gasteiger partial charge in [0.25, 0.3) is 5.91 Å². The highest BCUT2D eigenvalue weighted by Gasteiger charge is 2.24. The lowest BCUT2D eigenvalue weighted by molar-refractivity contribution is 0.0888.